The van der Waals surface area contributed by atoms with E-state index in [9.17, 15) is 14.4 Å². The lowest BCUT2D eigenvalue weighted by Gasteiger charge is -2.15. The van der Waals surface area contributed by atoms with Gasteiger partial charge in [0.2, 0.25) is 0 Å². The minimum absolute atomic E-state index is 0.272. The molecule has 8 heteroatoms. The Kier molecular flexibility index (Phi) is 6.16. The standard InChI is InChI=1S/C17H19N3O5/c1-11(15(21)20-17(23)18-2)25-16(22)13-7-3-4-8-14(13)19-10-12-6-5-9-24-12/h3-9,11,19H,10H2,1-2H3,(H2,18,20,21,23). The summed E-state index contributed by atoms with van der Waals surface area (Å²) >= 11 is 0. The first-order chi connectivity index (χ1) is 12.0. The first-order valence-electron chi connectivity index (χ1n) is 7.60. The summed E-state index contributed by atoms with van der Waals surface area (Å²) in [6.07, 6.45) is 0.437. The SMILES string of the molecule is CNC(=O)NC(=O)C(C)OC(=O)c1ccccc1NCc1ccco1. The Labute approximate surface area is 144 Å². The van der Waals surface area contributed by atoms with E-state index in [0.29, 0.717) is 18.0 Å². The molecular formula is C17H19N3O5. The summed E-state index contributed by atoms with van der Waals surface area (Å²) in [6.45, 7) is 1.78. The van der Waals surface area contributed by atoms with Crippen LogP contribution in [0.5, 0.6) is 0 Å². The maximum Gasteiger partial charge on any atom is 0.341 e. The van der Waals surface area contributed by atoms with Gasteiger partial charge in [0.15, 0.2) is 6.10 Å². The molecule has 0 spiro atoms. The number of imide groups is 1. The van der Waals surface area contributed by atoms with Crippen LogP contribution in [0.25, 0.3) is 0 Å². The van der Waals surface area contributed by atoms with Gasteiger partial charge in [-0.1, -0.05) is 12.1 Å². The van der Waals surface area contributed by atoms with Gasteiger partial charge in [-0.3, -0.25) is 10.1 Å². The summed E-state index contributed by atoms with van der Waals surface area (Å²) in [7, 11) is 1.38. The van der Waals surface area contributed by atoms with Crippen LogP contribution in [0.1, 0.15) is 23.0 Å². The van der Waals surface area contributed by atoms with Crippen LogP contribution in [0.15, 0.2) is 47.1 Å². The lowest BCUT2D eigenvalue weighted by atomic mass is 10.1. The molecule has 8 nitrogen and oxygen atoms in total. The molecule has 0 bridgehead atoms. The van der Waals surface area contributed by atoms with E-state index in [4.69, 9.17) is 9.15 Å². The molecule has 132 valence electrons. The number of anilines is 1. The molecule has 25 heavy (non-hydrogen) atoms. The number of ether oxygens (including phenoxy) is 1. The van der Waals surface area contributed by atoms with E-state index < -0.39 is 24.0 Å². The molecule has 0 fully saturated rings. The smallest absolute Gasteiger partial charge is 0.341 e. The zero-order valence-electron chi connectivity index (χ0n) is 13.9. The lowest BCUT2D eigenvalue weighted by molar-refractivity contribution is -0.127. The molecule has 1 aromatic heterocycles. The predicted molar refractivity (Wildman–Crippen MR) is 90.0 cm³/mol. The van der Waals surface area contributed by atoms with Gasteiger partial charge in [0.1, 0.15) is 5.76 Å². The second-order valence-corrected chi connectivity index (χ2v) is 5.09. The number of carbonyl (C=O) groups is 3. The molecule has 3 amide bonds. The summed E-state index contributed by atoms with van der Waals surface area (Å²) in [6, 6.07) is 9.65. The van der Waals surface area contributed by atoms with Gasteiger partial charge in [-0.25, -0.2) is 9.59 Å². The zero-order chi connectivity index (χ0) is 18.2. The van der Waals surface area contributed by atoms with Gasteiger partial charge >= 0.3 is 12.0 Å². The fraction of sp³-hybridized carbons (Fsp3) is 0.235. The summed E-state index contributed by atoms with van der Waals surface area (Å²) in [5.41, 5.74) is 0.816. The van der Waals surface area contributed by atoms with Gasteiger partial charge < -0.3 is 19.8 Å². The summed E-state index contributed by atoms with van der Waals surface area (Å²) in [5.74, 6) is -0.683. The van der Waals surface area contributed by atoms with Crippen molar-refractivity contribution in [1.29, 1.82) is 0 Å². The molecule has 0 aliphatic carbocycles. The van der Waals surface area contributed by atoms with Crippen molar-refractivity contribution >= 4 is 23.6 Å². The van der Waals surface area contributed by atoms with Crippen LogP contribution in [0, 0.1) is 0 Å². The van der Waals surface area contributed by atoms with Gasteiger partial charge in [-0.2, -0.15) is 0 Å². The van der Waals surface area contributed by atoms with Gasteiger partial charge in [0, 0.05) is 12.7 Å². The first kappa shape index (κ1) is 18.1. The zero-order valence-corrected chi connectivity index (χ0v) is 13.9. The summed E-state index contributed by atoms with van der Waals surface area (Å²) in [4.78, 5) is 35.2. The fourth-order valence-corrected chi connectivity index (χ4v) is 1.96. The number of para-hydroxylation sites is 1. The van der Waals surface area contributed by atoms with Crippen LogP contribution in [-0.4, -0.2) is 31.1 Å². The number of amides is 3. The second kappa shape index (κ2) is 8.53. The highest BCUT2D eigenvalue weighted by atomic mass is 16.5. The highest BCUT2D eigenvalue weighted by Crippen LogP contribution is 2.18. The Morgan fingerprint density at radius 1 is 1.16 bits per heavy atom. The minimum Gasteiger partial charge on any atom is -0.467 e. The highest BCUT2D eigenvalue weighted by molar-refractivity contribution is 6.00. The molecule has 0 aliphatic heterocycles. The van der Waals surface area contributed by atoms with Gasteiger partial charge in [-0.15, -0.1) is 0 Å². The highest BCUT2D eigenvalue weighted by Gasteiger charge is 2.22. The molecule has 1 atom stereocenters. The quantitative estimate of drug-likeness (QED) is 0.690. The topological polar surface area (TPSA) is 110 Å². The van der Waals surface area contributed by atoms with Crippen molar-refractivity contribution in [1.82, 2.24) is 10.6 Å². The van der Waals surface area contributed by atoms with Crippen LogP contribution < -0.4 is 16.0 Å². The molecule has 1 unspecified atom stereocenters. The van der Waals surface area contributed by atoms with Crippen molar-refractivity contribution in [2.75, 3.05) is 12.4 Å². The molecule has 2 rings (SSSR count). The van der Waals surface area contributed by atoms with Crippen molar-refractivity contribution in [3.05, 3.63) is 54.0 Å². The van der Waals surface area contributed by atoms with E-state index in [1.165, 1.54) is 14.0 Å². The largest absolute Gasteiger partial charge is 0.467 e. The maximum absolute atomic E-state index is 12.3. The number of carbonyl (C=O) groups excluding carboxylic acids is 3. The monoisotopic (exact) mass is 345 g/mol. The van der Waals surface area contributed by atoms with Crippen molar-refractivity contribution in [2.24, 2.45) is 0 Å². The van der Waals surface area contributed by atoms with E-state index >= 15 is 0 Å². The third-order valence-electron chi connectivity index (χ3n) is 3.30. The van der Waals surface area contributed by atoms with Crippen LogP contribution in [0.2, 0.25) is 0 Å². The minimum atomic E-state index is -1.12. The Hall–Kier alpha value is -3.29. The van der Waals surface area contributed by atoms with Crippen molar-refractivity contribution in [3.8, 4) is 0 Å². The number of furan rings is 1. The van der Waals surface area contributed by atoms with Crippen molar-refractivity contribution < 1.29 is 23.5 Å². The van der Waals surface area contributed by atoms with Crippen LogP contribution in [-0.2, 0) is 16.1 Å². The molecule has 2 aromatic rings. The number of nitrogens with one attached hydrogen (secondary N) is 3. The van der Waals surface area contributed by atoms with Crippen LogP contribution >= 0.6 is 0 Å². The van der Waals surface area contributed by atoms with E-state index in [0.717, 1.165) is 0 Å². The molecule has 1 heterocycles. The molecule has 0 radical (unpaired) electrons. The Morgan fingerprint density at radius 2 is 1.92 bits per heavy atom. The molecule has 0 aliphatic rings. The summed E-state index contributed by atoms with van der Waals surface area (Å²) < 4.78 is 10.4. The number of hydrogen-bond donors (Lipinski definition) is 3. The van der Waals surface area contributed by atoms with Gasteiger partial charge in [0.05, 0.1) is 18.4 Å². The number of benzene rings is 1. The third-order valence-corrected chi connectivity index (χ3v) is 3.30. The Morgan fingerprint density at radius 3 is 2.60 bits per heavy atom. The maximum atomic E-state index is 12.3. The normalized spacial score (nSPS) is 11.3. The van der Waals surface area contributed by atoms with Crippen molar-refractivity contribution in [2.45, 2.75) is 19.6 Å². The summed E-state index contributed by atoms with van der Waals surface area (Å²) in [5, 5.41) is 7.38. The average molecular weight is 345 g/mol. The molecule has 1 aromatic carbocycles. The number of urea groups is 1. The van der Waals surface area contributed by atoms with E-state index in [1.54, 1.807) is 42.7 Å². The van der Waals surface area contributed by atoms with Gasteiger partial charge in [-0.05, 0) is 31.2 Å². The number of esters is 1. The van der Waals surface area contributed by atoms with Crippen molar-refractivity contribution in [3.63, 3.8) is 0 Å². The van der Waals surface area contributed by atoms with E-state index in [-0.39, 0.29) is 5.56 Å². The fourth-order valence-electron chi connectivity index (χ4n) is 1.96. The lowest BCUT2D eigenvalue weighted by Crippen LogP contribution is -2.43. The van der Waals surface area contributed by atoms with E-state index in [1.807, 2.05) is 0 Å². The Balaban J connectivity index is 2.01. The first-order valence-corrected chi connectivity index (χ1v) is 7.60. The van der Waals surface area contributed by atoms with Crippen LogP contribution in [0.3, 0.4) is 0 Å². The third kappa shape index (κ3) is 5.10. The number of rotatable bonds is 6. The Bertz CT molecular complexity index is 743. The molecule has 3 N–H and O–H groups in total. The second-order valence-electron chi connectivity index (χ2n) is 5.09. The van der Waals surface area contributed by atoms with E-state index in [2.05, 4.69) is 16.0 Å². The van der Waals surface area contributed by atoms with Gasteiger partial charge in [0.25, 0.3) is 5.91 Å². The molecule has 0 saturated carbocycles. The molecule has 0 saturated heterocycles. The number of hydrogen-bond acceptors (Lipinski definition) is 6. The average Bonchev–Trinajstić information content (AvgIpc) is 3.13. The molecular weight excluding hydrogens is 326 g/mol. The predicted octanol–water partition coefficient (Wildman–Crippen LogP) is 1.89. The van der Waals surface area contributed by atoms with Crippen LogP contribution in [0.4, 0.5) is 10.5 Å².